The van der Waals surface area contributed by atoms with Gasteiger partial charge in [0.15, 0.2) is 0 Å². The first-order valence-corrected chi connectivity index (χ1v) is 5.70. The smallest absolute Gasteiger partial charge is 0.325 e. The molecule has 0 aromatic carbocycles. The Labute approximate surface area is 96.7 Å². The van der Waals surface area contributed by atoms with Gasteiger partial charge in [0.1, 0.15) is 6.54 Å². The fraction of sp³-hybridized carbons (Fsp3) is 0.818. The lowest BCUT2D eigenvalue weighted by atomic mass is 9.81. The number of nitrogens with two attached hydrogens (primary N) is 1. The number of amides is 1. The Hall–Kier alpha value is -1.10. The van der Waals surface area contributed by atoms with E-state index in [0.717, 1.165) is 0 Å². The van der Waals surface area contributed by atoms with Gasteiger partial charge in [-0.15, -0.1) is 0 Å². The molecule has 1 amide bonds. The number of hydrogen-bond acceptors (Lipinski definition) is 4. The maximum atomic E-state index is 11.9. The summed E-state index contributed by atoms with van der Waals surface area (Å²) < 4.78 is 4.72. The zero-order chi connectivity index (χ0) is 12.6. The van der Waals surface area contributed by atoms with E-state index in [0.29, 0.717) is 19.4 Å². The maximum absolute atomic E-state index is 11.9. The first-order chi connectivity index (χ1) is 7.56. The number of carbonyl (C=O) groups excluding carboxylic acids is 2. The highest BCUT2D eigenvalue weighted by Crippen LogP contribution is 2.24. The second-order valence-corrected chi connectivity index (χ2v) is 3.68. The predicted octanol–water partition coefficient (Wildman–Crippen LogP) is 0.431. The van der Waals surface area contributed by atoms with Gasteiger partial charge in [0.25, 0.3) is 0 Å². The monoisotopic (exact) mass is 230 g/mol. The third kappa shape index (κ3) is 3.81. The fourth-order valence-electron chi connectivity index (χ4n) is 1.50. The number of hydrogen-bond donors (Lipinski definition) is 2. The van der Waals surface area contributed by atoms with Crippen molar-refractivity contribution in [1.29, 1.82) is 0 Å². The van der Waals surface area contributed by atoms with Gasteiger partial charge in [-0.05, 0) is 19.8 Å². The van der Waals surface area contributed by atoms with E-state index >= 15 is 0 Å². The molecule has 0 aliphatic rings. The Balaban J connectivity index is 4.27. The SMILES string of the molecule is CCOC(=O)CNC(=O)C(CC)(CC)CN. The lowest BCUT2D eigenvalue weighted by Gasteiger charge is -2.28. The lowest BCUT2D eigenvalue weighted by Crippen LogP contribution is -2.46. The molecule has 0 saturated carbocycles. The molecule has 3 N–H and O–H groups in total. The highest BCUT2D eigenvalue weighted by atomic mass is 16.5. The molecule has 94 valence electrons. The summed E-state index contributed by atoms with van der Waals surface area (Å²) in [6.45, 7) is 6.07. The van der Waals surface area contributed by atoms with E-state index in [-0.39, 0.29) is 19.0 Å². The lowest BCUT2D eigenvalue weighted by molar-refractivity contribution is -0.144. The van der Waals surface area contributed by atoms with Crippen molar-refractivity contribution in [2.45, 2.75) is 33.6 Å². The van der Waals surface area contributed by atoms with Gasteiger partial charge in [0, 0.05) is 6.54 Å². The van der Waals surface area contributed by atoms with Gasteiger partial charge in [0.2, 0.25) is 5.91 Å². The molecule has 0 atom stereocenters. The van der Waals surface area contributed by atoms with Gasteiger partial charge >= 0.3 is 5.97 Å². The topological polar surface area (TPSA) is 81.4 Å². The summed E-state index contributed by atoms with van der Waals surface area (Å²) in [4.78, 5) is 22.9. The number of rotatable bonds is 7. The van der Waals surface area contributed by atoms with Crippen LogP contribution in [0.5, 0.6) is 0 Å². The van der Waals surface area contributed by atoms with Crippen LogP contribution < -0.4 is 11.1 Å². The second kappa shape index (κ2) is 7.22. The Morgan fingerprint density at radius 2 is 1.81 bits per heavy atom. The van der Waals surface area contributed by atoms with Crippen LogP contribution in [-0.4, -0.2) is 31.6 Å². The van der Waals surface area contributed by atoms with Gasteiger partial charge < -0.3 is 15.8 Å². The molecular formula is C11H22N2O3. The third-order valence-corrected chi connectivity index (χ3v) is 2.92. The predicted molar refractivity (Wildman–Crippen MR) is 61.7 cm³/mol. The van der Waals surface area contributed by atoms with E-state index in [1.165, 1.54) is 0 Å². The van der Waals surface area contributed by atoms with E-state index in [4.69, 9.17) is 10.5 Å². The van der Waals surface area contributed by atoms with Crippen molar-refractivity contribution in [3.05, 3.63) is 0 Å². The number of esters is 1. The first-order valence-electron chi connectivity index (χ1n) is 5.70. The largest absolute Gasteiger partial charge is 0.465 e. The van der Waals surface area contributed by atoms with Crippen LogP contribution in [0.3, 0.4) is 0 Å². The van der Waals surface area contributed by atoms with Crippen LogP contribution in [-0.2, 0) is 14.3 Å². The summed E-state index contributed by atoms with van der Waals surface area (Å²) in [5, 5.41) is 2.57. The van der Waals surface area contributed by atoms with Gasteiger partial charge in [-0.1, -0.05) is 13.8 Å². The molecule has 5 heteroatoms. The average molecular weight is 230 g/mol. The molecule has 0 radical (unpaired) electrons. The Bertz CT molecular complexity index is 229. The standard InChI is InChI=1S/C11H22N2O3/c1-4-11(5-2,8-12)10(15)13-7-9(14)16-6-3/h4-8,12H2,1-3H3,(H,13,15). The summed E-state index contributed by atoms with van der Waals surface area (Å²) in [7, 11) is 0. The summed E-state index contributed by atoms with van der Waals surface area (Å²) in [5.41, 5.74) is 5.05. The van der Waals surface area contributed by atoms with Gasteiger partial charge in [0.05, 0.1) is 12.0 Å². The molecule has 0 aromatic heterocycles. The van der Waals surface area contributed by atoms with Crippen LogP contribution in [0.25, 0.3) is 0 Å². The van der Waals surface area contributed by atoms with Crippen molar-refractivity contribution >= 4 is 11.9 Å². The highest BCUT2D eigenvalue weighted by molar-refractivity contribution is 5.86. The van der Waals surface area contributed by atoms with Crippen molar-refractivity contribution in [1.82, 2.24) is 5.32 Å². The molecule has 5 nitrogen and oxygen atoms in total. The fourth-order valence-corrected chi connectivity index (χ4v) is 1.50. The molecule has 0 saturated heterocycles. The molecule has 0 unspecified atom stereocenters. The molecule has 0 aliphatic heterocycles. The average Bonchev–Trinajstić information content (AvgIpc) is 2.30. The molecule has 0 rings (SSSR count). The normalized spacial score (nSPS) is 11.0. The molecule has 16 heavy (non-hydrogen) atoms. The van der Waals surface area contributed by atoms with E-state index in [1.807, 2.05) is 13.8 Å². The maximum Gasteiger partial charge on any atom is 0.325 e. The minimum atomic E-state index is -0.563. The minimum Gasteiger partial charge on any atom is -0.465 e. The zero-order valence-corrected chi connectivity index (χ0v) is 10.3. The van der Waals surface area contributed by atoms with E-state index in [2.05, 4.69) is 5.32 Å². The van der Waals surface area contributed by atoms with Crippen LogP contribution in [0.1, 0.15) is 33.6 Å². The molecule has 0 fully saturated rings. The van der Waals surface area contributed by atoms with Gasteiger partial charge in [-0.3, -0.25) is 9.59 Å². The van der Waals surface area contributed by atoms with Crippen LogP contribution in [0.15, 0.2) is 0 Å². The molecule has 0 aliphatic carbocycles. The number of nitrogens with one attached hydrogen (secondary N) is 1. The van der Waals surface area contributed by atoms with Crippen LogP contribution in [0.4, 0.5) is 0 Å². The van der Waals surface area contributed by atoms with Crippen LogP contribution >= 0.6 is 0 Å². The van der Waals surface area contributed by atoms with Crippen LogP contribution in [0, 0.1) is 5.41 Å². The van der Waals surface area contributed by atoms with Crippen molar-refractivity contribution in [2.75, 3.05) is 19.7 Å². The van der Waals surface area contributed by atoms with Crippen molar-refractivity contribution < 1.29 is 14.3 Å². The van der Waals surface area contributed by atoms with Crippen molar-refractivity contribution in [2.24, 2.45) is 11.1 Å². The Morgan fingerprint density at radius 3 is 2.19 bits per heavy atom. The summed E-state index contributed by atoms with van der Waals surface area (Å²) in [5.74, 6) is -0.595. The Kier molecular flexibility index (Phi) is 6.72. The van der Waals surface area contributed by atoms with E-state index in [9.17, 15) is 9.59 Å². The minimum absolute atomic E-state index is 0.0889. The zero-order valence-electron chi connectivity index (χ0n) is 10.3. The van der Waals surface area contributed by atoms with E-state index < -0.39 is 11.4 Å². The van der Waals surface area contributed by atoms with Crippen LogP contribution in [0.2, 0.25) is 0 Å². The molecule has 0 heterocycles. The number of carbonyl (C=O) groups is 2. The molecule has 0 bridgehead atoms. The van der Waals surface area contributed by atoms with E-state index in [1.54, 1.807) is 6.92 Å². The summed E-state index contributed by atoms with van der Waals surface area (Å²) >= 11 is 0. The summed E-state index contributed by atoms with van der Waals surface area (Å²) in [6.07, 6.45) is 1.32. The number of ether oxygens (including phenoxy) is 1. The van der Waals surface area contributed by atoms with Gasteiger partial charge in [-0.25, -0.2) is 0 Å². The van der Waals surface area contributed by atoms with Crippen molar-refractivity contribution in [3.63, 3.8) is 0 Å². The second-order valence-electron chi connectivity index (χ2n) is 3.68. The third-order valence-electron chi connectivity index (χ3n) is 2.92. The molecule has 0 spiro atoms. The van der Waals surface area contributed by atoms with Crippen molar-refractivity contribution in [3.8, 4) is 0 Å². The Morgan fingerprint density at radius 1 is 1.25 bits per heavy atom. The molecular weight excluding hydrogens is 208 g/mol. The quantitative estimate of drug-likeness (QED) is 0.621. The van der Waals surface area contributed by atoms with Gasteiger partial charge in [-0.2, -0.15) is 0 Å². The molecule has 0 aromatic rings. The first kappa shape index (κ1) is 14.9. The highest BCUT2D eigenvalue weighted by Gasteiger charge is 2.33. The summed E-state index contributed by atoms with van der Waals surface area (Å²) in [6, 6.07) is 0.